The maximum Gasteiger partial charge on any atom is 0.252 e. The van der Waals surface area contributed by atoms with Crippen LogP contribution < -0.4 is 10.5 Å². The number of anilines is 1. The molecule has 0 atom stereocenters. The number of hydrogen-bond donors (Lipinski definition) is 1. The average Bonchev–Trinajstić information content (AvgIpc) is 2.39. The van der Waals surface area contributed by atoms with Crippen molar-refractivity contribution in [2.75, 3.05) is 18.5 Å². The van der Waals surface area contributed by atoms with Crippen molar-refractivity contribution in [1.82, 2.24) is 9.97 Å². The summed E-state index contributed by atoms with van der Waals surface area (Å²) in [5.41, 5.74) is -0.0517. The molecule has 0 saturated heterocycles. The Balaban J connectivity index is 2.09. The molecule has 19 heavy (non-hydrogen) atoms. The van der Waals surface area contributed by atoms with Crippen molar-refractivity contribution in [2.24, 2.45) is 5.92 Å². The highest BCUT2D eigenvalue weighted by atomic mass is 16.1. The smallest absolute Gasteiger partial charge is 0.252 e. The van der Waals surface area contributed by atoms with Crippen LogP contribution in [0.1, 0.15) is 57.7 Å². The van der Waals surface area contributed by atoms with Crippen molar-refractivity contribution in [2.45, 2.75) is 51.9 Å². The summed E-state index contributed by atoms with van der Waals surface area (Å²) in [7, 11) is 2.04. The Hall–Kier alpha value is -1.32. The highest BCUT2D eigenvalue weighted by molar-refractivity contribution is 5.36. The monoisotopic (exact) mass is 263 g/mol. The normalized spacial score (nSPS) is 16.8. The van der Waals surface area contributed by atoms with E-state index >= 15 is 0 Å². The predicted molar refractivity (Wildman–Crippen MR) is 78.8 cm³/mol. The van der Waals surface area contributed by atoms with Gasteiger partial charge in [0, 0.05) is 25.6 Å². The van der Waals surface area contributed by atoms with Gasteiger partial charge in [-0.2, -0.15) is 0 Å². The Morgan fingerprint density at radius 1 is 1.37 bits per heavy atom. The number of aromatic nitrogens is 2. The summed E-state index contributed by atoms with van der Waals surface area (Å²) in [4.78, 5) is 21.2. The Labute approximate surface area is 115 Å². The minimum atomic E-state index is -0.0517. The molecule has 4 heteroatoms. The van der Waals surface area contributed by atoms with Crippen LogP contribution in [0.2, 0.25) is 0 Å². The van der Waals surface area contributed by atoms with Crippen molar-refractivity contribution in [3.63, 3.8) is 0 Å². The number of aromatic amines is 1. The molecule has 0 aliphatic heterocycles. The van der Waals surface area contributed by atoms with Crippen molar-refractivity contribution < 1.29 is 0 Å². The van der Waals surface area contributed by atoms with Crippen LogP contribution in [0.25, 0.3) is 0 Å². The fourth-order valence-corrected chi connectivity index (χ4v) is 2.78. The largest absolute Gasteiger partial charge is 0.359 e. The highest BCUT2D eigenvalue weighted by Crippen LogP contribution is 2.25. The zero-order valence-corrected chi connectivity index (χ0v) is 12.3. The van der Waals surface area contributed by atoms with Crippen LogP contribution >= 0.6 is 0 Å². The molecule has 0 unspecified atom stereocenters. The van der Waals surface area contributed by atoms with Gasteiger partial charge in [-0.05, 0) is 18.8 Å². The van der Waals surface area contributed by atoms with Gasteiger partial charge >= 0.3 is 0 Å². The average molecular weight is 263 g/mol. The van der Waals surface area contributed by atoms with Crippen molar-refractivity contribution in [3.8, 4) is 0 Å². The molecule has 0 bridgehead atoms. The molecule has 0 radical (unpaired) electrons. The summed E-state index contributed by atoms with van der Waals surface area (Å²) in [5.74, 6) is 2.58. The van der Waals surface area contributed by atoms with Crippen molar-refractivity contribution in [3.05, 3.63) is 22.2 Å². The van der Waals surface area contributed by atoms with Crippen molar-refractivity contribution >= 4 is 5.82 Å². The molecule has 1 aliphatic rings. The maximum atomic E-state index is 11.7. The van der Waals surface area contributed by atoms with Gasteiger partial charge < -0.3 is 9.88 Å². The minimum Gasteiger partial charge on any atom is -0.359 e. The van der Waals surface area contributed by atoms with E-state index in [-0.39, 0.29) is 11.5 Å². The van der Waals surface area contributed by atoms with Gasteiger partial charge in [-0.1, -0.05) is 33.1 Å². The molecule has 1 N–H and O–H groups in total. The molecule has 1 heterocycles. The molecule has 1 aromatic heterocycles. The van der Waals surface area contributed by atoms with E-state index in [0.717, 1.165) is 24.1 Å². The Morgan fingerprint density at radius 2 is 2.05 bits per heavy atom. The first kappa shape index (κ1) is 14.1. The molecular formula is C15H25N3O. The molecule has 2 rings (SSSR count). The third kappa shape index (κ3) is 3.82. The van der Waals surface area contributed by atoms with Crippen LogP contribution in [-0.2, 0) is 0 Å². The van der Waals surface area contributed by atoms with E-state index in [1.54, 1.807) is 6.07 Å². The summed E-state index contributed by atoms with van der Waals surface area (Å²) in [5, 5.41) is 0. The first-order valence-corrected chi connectivity index (χ1v) is 7.38. The zero-order valence-electron chi connectivity index (χ0n) is 12.3. The Bertz CT molecular complexity index is 461. The summed E-state index contributed by atoms with van der Waals surface area (Å²) < 4.78 is 0. The Kier molecular flexibility index (Phi) is 4.61. The number of nitrogens with zero attached hydrogens (tertiary/aromatic N) is 2. The second-order valence-electron chi connectivity index (χ2n) is 6.03. The van der Waals surface area contributed by atoms with E-state index in [9.17, 15) is 4.79 Å². The zero-order chi connectivity index (χ0) is 13.8. The molecule has 1 aromatic rings. The molecule has 106 valence electrons. The van der Waals surface area contributed by atoms with E-state index in [1.165, 1.54) is 32.1 Å². The molecule has 4 nitrogen and oxygen atoms in total. The molecule has 0 amide bonds. The summed E-state index contributed by atoms with van der Waals surface area (Å²) in [6, 6.07) is 1.61. The van der Waals surface area contributed by atoms with Gasteiger partial charge in [0.05, 0.1) is 0 Å². The third-order valence-corrected chi connectivity index (χ3v) is 3.94. The first-order chi connectivity index (χ1) is 9.06. The van der Waals surface area contributed by atoms with Gasteiger partial charge in [0.25, 0.3) is 5.56 Å². The van der Waals surface area contributed by atoms with Gasteiger partial charge in [0.15, 0.2) is 0 Å². The van der Waals surface area contributed by atoms with Crippen LogP contribution in [0.4, 0.5) is 5.82 Å². The second-order valence-corrected chi connectivity index (χ2v) is 6.03. The molecular weight excluding hydrogens is 238 g/mol. The minimum absolute atomic E-state index is 0.0517. The van der Waals surface area contributed by atoms with E-state index in [4.69, 9.17) is 0 Å². The first-order valence-electron chi connectivity index (χ1n) is 7.38. The van der Waals surface area contributed by atoms with E-state index < -0.39 is 0 Å². The fraction of sp³-hybridized carbons (Fsp3) is 0.733. The van der Waals surface area contributed by atoms with E-state index in [0.29, 0.717) is 0 Å². The van der Waals surface area contributed by atoms with Crippen LogP contribution in [0.15, 0.2) is 10.9 Å². The van der Waals surface area contributed by atoms with E-state index in [1.807, 2.05) is 20.9 Å². The van der Waals surface area contributed by atoms with E-state index in [2.05, 4.69) is 14.9 Å². The van der Waals surface area contributed by atoms with Gasteiger partial charge in [0.1, 0.15) is 11.6 Å². The van der Waals surface area contributed by atoms with Crippen LogP contribution in [0.3, 0.4) is 0 Å². The molecule has 1 fully saturated rings. The molecule has 1 saturated carbocycles. The third-order valence-electron chi connectivity index (χ3n) is 3.94. The highest BCUT2D eigenvalue weighted by Gasteiger charge is 2.17. The van der Waals surface area contributed by atoms with Crippen LogP contribution in [0, 0.1) is 5.92 Å². The molecule has 0 aromatic carbocycles. The Morgan fingerprint density at radius 3 is 2.68 bits per heavy atom. The lowest BCUT2D eigenvalue weighted by atomic mass is 9.89. The fourth-order valence-electron chi connectivity index (χ4n) is 2.78. The van der Waals surface area contributed by atoms with Gasteiger partial charge in [-0.25, -0.2) is 4.98 Å². The predicted octanol–water partition coefficient (Wildman–Crippen LogP) is 2.91. The lowest BCUT2D eigenvalue weighted by Crippen LogP contribution is -2.29. The molecule has 1 aliphatic carbocycles. The topological polar surface area (TPSA) is 49.0 Å². The maximum absolute atomic E-state index is 11.7. The van der Waals surface area contributed by atoms with Crippen molar-refractivity contribution in [1.29, 1.82) is 0 Å². The van der Waals surface area contributed by atoms with Crippen LogP contribution in [-0.4, -0.2) is 23.6 Å². The second kappa shape index (κ2) is 6.22. The van der Waals surface area contributed by atoms with Gasteiger partial charge in [-0.15, -0.1) is 0 Å². The van der Waals surface area contributed by atoms with Gasteiger partial charge in [0.2, 0.25) is 0 Å². The standard InChI is InChI=1S/C15H25N3O/c1-11(2)15-16-13(9-14(19)17-15)18(3)10-12-7-5-4-6-8-12/h9,11-12H,4-8,10H2,1-3H3,(H,16,17,19). The number of rotatable bonds is 4. The summed E-state index contributed by atoms with van der Waals surface area (Å²) in [6.45, 7) is 5.10. The number of nitrogens with one attached hydrogen (secondary N) is 1. The lowest BCUT2D eigenvalue weighted by Gasteiger charge is -2.27. The molecule has 0 spiro atoms. The number of hydrogen-bond acceptors (Lipinski definition) is 3. The SMILES string of the molecule is CC(C)c1nc(N(C)CC2CCCCC2)cc(=O)[nH]1. The number of H-pyrrole nitrogens is 1. The quantitative estimate of drug-likeness (QED) is 0.908. The summed E-state index contributed by atoms with van der Waals surface area (Å²) in [6.07, 6.45) is 6.69. The van der Waals surface area contributed by atoms with Crippen LogP contribution in [0.5, 0.6) is 0 Å². The summed E-state index contributed by atoms with van der Waals surface area (Å²) >= 11 is 0. The van der Waals surface area contributed by atoms with Gasteiger partial charge in [-0.3, -0.25) is 4.79 Å². The lowest BCUT2D eigenvalue weighted by molar-refractivity contribution is 0.361.